The highest BCUT2D eigenvalue weighted by Gasteiger charge is 2.24. The summed E-state index contributed by atoms with van der Waals surface area (Å²) in [7, 11) is 0. The minimum absolute atomic E-state index is 0.113. The van der Waals surface area contributed by atoms with Gasteiger partial charge < -0.3 is 15.2 Å². The number of nitrogens with zero attached hydrogens (tertiary/aromatic N) is 2. The van der Waals surface area contributed by atoms with E-state index >= 15 is 0 Å². The molecule has 2 N–H and O–H groups in total. The standard InChI is InChI=1S/C13H21N3O4/c1-5-16-7-6-9(15-16)8-10(11(17)18)14-12(19)20-13(2,3)4/h6-7,10H,5,8H2,1-4H3,(H,14,19)(H,17,18). The van der Waals surface area contributed by atoms with Crippen molar-refractivity contribution in [1.82, 2.24) is 15.1 Å². The van der Waals surface area contributed by atoms with Gasteiger partial charge in [-0.15, -0.1) is 0 Å². The van der Waals surface area contributed by atoms with Crippen molar-refractivity contribution in [2.45, 2.75) is 52.3 Å². The monoisotopic (exact) mass is 283 g/mol. The number of hydrogen-bond acceptors (Lipinski definition) is 4. The molecule has 0 saturated carbocycles. The number of rotatable bonds is 5. The quantitative estimate of drug-likeness (QED) is 0.852. The smallest absolute Gasteiger partial charge is 0.408 e. The summed E-state index contributed by atoms with van der Waals surface area (Å²) in [6.45, 7) is 7.78. The molecule has 0 aromatic carbocycles. The molecule has 7 heteroatoms. The lowest BCUT2D eigenvalue weighted by Crippen LogP contribution is -2.44. The van der Waals surface area contributed by atoms with E-state index in [-0.39, 0.29) is 6.42 Å². The second-order valence-corrected chi connectivity index (χ2v) is 5.40. The van der Waals surface area contributed by atoms with E-state index in [1.807, 2.05) is 6.92 Å². The van der Waals surface area contributed by atoms with Gasteiger partial charge in [0.05, 0.1) is 5.69 Å². The molecule has 112 valence electrons. The Bertz CT molecular complexity index is 476. The van der Waals surface area contributed by atoms with Crippen molar-refractivity contribution in [2.24, 2.45) is 0 Å². The van der Waals surface area contributed by atoms with Gasteiger partial charge in [0.25, 0.3) is 0 Å². The molecule has 0 aliphatic carbocycles. The third-order valence-electron chi connectivity index (χ3n) is 2.42. The maximum atomic E-state index is 11.6. The van der Waals surface area contributed by atoms with Crippen LogP contribution < -0.4 is 5.32 Å². The highest BCUT2D eigenvalue weighted by Crippen LogP contribution is 2.08. The largest absolute Gasteiger partial charge is 0.480 e. The molecule has 1 unspecified atom stereocenters. The number of nitrogens with one attached hydrogen (secondary N) is 1. The van der Waals surface area contributed by atoms with Crippen LogP contribution in [0.25, 0.3) is 0 Å². The van der Waals surface area contributed by atoms with Crippen molar-refractivity contribution in [2.75, 3.05) is 0 Å². The molecule has 1 rings (SSSR count). The number of ether oxygens (including phenoxy) is 1. The summed E-state index contributed by atoms with van der Waals surface area (Å²) >= 11 is 0. The van der Waals surface area contributed by atoms with E-state index in [9.17, 15) is 9.59 Å². The molecule has 1 amide bonds. The van der Waals surface area contributed by atoms with E-state index in [4.69, 9.17) is 9.84 Å². The van der Waals surface area contributed by atoms with E-state index in [1.165, 1.54) is 0 Å². The third-order valence-corrected chi connectivity index (χ3v) is 2.42. The minimum Gasteiger partial charge on any atom is -0.480 e. The van der Waals surface area contributed by atoms with Gasteiger partial charge in [-0.3, -0.25) is 4.68 Å². The van der Waals surface area contributed by atoms with Gasteiger partial charge >= 0.3 is 12.1 Å². The molecule has 0 bridgehead atoms. The number of carbonyl (C=O) groups excluding carboxylic acids is 1. The Balaban J connectivity index is 2.65. The Morgan fingerprint density at radius 1 is 1.50 bits per heavy atom. The maximum absolute atomic E-state index is 11.6. The second kappa shape index (κ2) is 6.40. The van der Waals surface area contributed by atoms with Crippen molar-refractivity contribution in [3.05, 3.63) is 18.0 Å². The summed E-state index contributed by atoms with van der Waals surface area (Å²) in [5, 5.41) is 15.7. The average molecular weight is 283 g/mol. The fourth-order valence-electron chi connectivity index (χ4n) is 1.55. The van der Waals surface area contributed by atoms with Crippen LogP contribution in [0.2, 0.25) is 0 Å². The van der Waals surface area contributed by atoms with Crippen LogP contribution in [0.1, 0.15) is 33.4 Å². The van der Waals surface area contributed by atoms with E-state index in [2.05, 4.69) is 10.4 Å². The van der Waals surface area contributed by atoms with Crippen LogP contribution in [0.15, 0.2) is 12.3 Å². The second-order valence-electron chi connectivity index (χ2n) is 5.40. The van der Waals surface area contributed by atoms with Crippen LogP contribution in [0.4, 0.5) is 4.79 Å². The zero-order chi connectivity index (χ0) is 15.3. The number of aryl methyl sites for hydroxylation is 1. The molecule has 1 aromatic heterocycles. The highest BCUT2D eigenvalue weighted by molar-refractivity contribution is 5.80. The van der Waals surface area contributed by atoms with E-state index in [0.717, 1.165) is 0 Å². The number of carbonyl (C=O) groups is 2. The van der Waals surface area contributed by atoms with Gasteiger partial charge in [-0.25, -0.2) is 9.59 Å². The van der Waals surface area contributed by atoms with Crippen molar-refractivity contribution < 1.29 is 19.4 Å². The lowest BCUT2D eigenvalue weighted by atomic mass is 10.1. The lowest BCUT2D eigenvalue weighted by Gasteiger charge is -2.21. The molecule has 1 aromatic rings. The molecule has 0 radical (unpaired) electrons. The van der Waals surface area contributed by atoms with E-state index in [0.29, 0.717) is 12.2 Å². The van der Waals surface area contributed by atoms with Crippen LogP contribution in [0.5, 0.6) is 0 Å². The molecule has 0 aliphatic heterocycles. The first-order chi connectivity index (χ1) is 9.21. The zero-order valence-electron chi connectivity index (χ0n) is 12.2. The van der Waals surface area contributed by atoms with Crippen molar-refractivity contribution >= 4 is 12.1 Å². The van der Waals surface area contributed by atoms with E-state index in [1.54, 1.807) is 37.7 Å². The summed E-state index contributed by atoms with van der Waals surface area (Å²) < 4.78 is 6.74. The maximum Gasteiger partial charge on any atom is 0.408 e. The first-order valence-corrected chi connectivity index (χ1v) is 6.46. The Kier molecular flexibility index (Phi) is 5.12. The Labute approximate surface area is 117 Å². The van der Waals surface area contributed by atoms with Crippen molar-refractivity contribution in [3.8, 4) is 0 Å². The van der Waals surface area contributed by atoms with Gasteiger partial charge in [0.2, 0.25) is 0 Å². The molecule has 1 atom stereocenters. The molecule has 0 fully saturated rings. The fourth-order valence-corrected chi connectivity index (χ4v) is 1.55. The van der Waals surface area contributed by atoms with Gasteiger partial charge in [-0.1, -0.05) is 0 Å². The molecular weight excluding hydrogens is 262 g/mol. The highest BCUT2D eigenvalue weighted by atomic mass is 16.6. The van der Waals surface area contributed by atoms with E-state index < -0.39 is 23.7 Å². The Morgan fingerprint density at radius 2 is 2.15 bits per heavy atom. The predicted octanol–water partition coefficient (Wildman–Crippen LogP) is 1.42. The van der Waals surface area contributed by atoms with Crippen LogP contribution in [-0.2, 0) is 22.5 Å². The summed E-state index contributed by atoms with van der Waals surface area (Å²) in [4.78, 5) is 22.8. The molecule has 0 saturated heterocycles. The van der Waals surface area contributed by atoms with Gasteiger partial charge in [0.15, 0.2) is 0 Å². The average Bonchev–Trinajstić information content (AvgIpc) is 2.73. The third kappa shape index (κ3) is 5.29. The van der Waals surface area contributed by atoms with Gasteiger partial charge in [0.1, 0.15) is 11.6 Å². The topological polar surface area (TPSA) is 93.5 Å². The summed E-state index contributed by atoms with van der Waals surface area (Å²) in [5.74, 6) is -1.12. The Morgan fingerprint density at radius 3 is 2.60 bits per heavy atom. The summed E-state index contributed by atoms with van der Waals surface area (Å²) in [5.41, 5.74) is -0.0629. The molecule has 7 nitrogen and oxygen atoms in total. The summed E-state index contributed by atoms with van der Waals surface area (Å²) in [6.07, 6.45) is 1.13. The fraction of sp³-hybridized carbons (Fsp3) is 0.615. The van der Waals surface area contributed by atoms with Crippen LogP contribution in [0, 0.1) is 0 Å². The molecule has 1 heterocycles. The van der Waals surface area contributed by atoms with Crippen LogP contribution in [-0.4, -0.2) is 38.6 Å². The molecular formula is C13H21N3O4. The number of carboxylic acid groups (broad SMARTS) is 1. The van der Waals surface area contributed by atoms with Crippen LogP contribution in [0.3, 0.4) is 0 Å². The van der Waals surface area contributed by atoms with Crippen molar-refractivity contribution in [3.63, 3.8) is 0 Å². The molecule has 0 spiro atoms. The van der Waals surface area contributed by atoms with Gasteiger partial charge in [-0.05, 0) is 33.8 Å². The first kappa shape index (κ1) is 16.0. The minimum atomic E-state index is -1.12. The lowest BCUT2D eigenvalue weighted by molar-refractivity contribution is -0.139. The SMILES string of the molecule is CCn1ccc(CC(NC(=O)OC(C)(C)C)C(=O)O)n1. The normalized spacial score (nSPS) is 12.8. The molecule has 0 aliphatic rings. The number of carboxylic acids is 1. The predicted molar refractivity (Wildman–Crippen MR) is 72.4 cm³/mol. The van der Waals surface area contributed by atoms with Crippen molar-refractivity contribution in [1.29, 1.82) is 0 Å². The number of hydrogen-bond donors (Lipinski definition) is 2. The Hall–Kier alpha value is -2.05. The van der Waals surface area contributed by atoms with Gasteiger partial charge in [0, 0.05) is 19.2 Å². The van der Waals surface area contributed by atoms with Crippen LogP contribution >= 0.6 is 0 Å². The number of aliphatic carboxylic acids is 1. The zero-order valence-corrected chi connectivity index (χ0v) is 12.2. The van der Waals surface area contributed by atoms with Gasteiger partial charge in [-0.2, -0.15) is 5.10 Å². The number of amides is 1. The molecule has 20 heavy (non-hydrogen) atoms. The number of aromatic nitrogens is 2. The number of alkyl carbamates (subject to hydrolysis) is 1. The summed E-state index contributed by atoms with van der Waals surface area (Å²) in [6, 6.07) is 0.668. The first-order valence-electron chi connectivity index (χ1n) is 6.46.